The van der Waals surface area contributed by atoms with E-state index in [-0.39, 0.29) is 18.1 Å². The van der Waals surface area contributed by atoms with Crippen LogP contribution in [0.15, 0.2) is 18.2 Å². The van der Waals surface area contributed by atoms with E-state index in [9.17, 15) is 4.79 Å². The molecule has 0 aliphatic carbocycles. The predicted molar refractivity (Wildman–Crippen MR) is 73.3 cm³/mol. The lowest BCUT2D eigenvalue weighted by Gasteiger charge is -2.35. The van der Waals surface area contributed by atoms with Crippen LogP contribution in [-0.2, 0) is 4.74 Å². The van der Waals surface area contributed by atoms with Crippen molar-refractivity contribution >= 4 is 11.6 Å². The van der Waals surface area contributed by atoms with Gasteiger partial charge in [-0.05, 0) is 26.0 Å². The van der Waals surface area contributed by atoms with Crippen LogP contribution >= 0.6 is 0 Å². The fourth-order valence-electron chi connectivity index (χ4n) is 2.42. The van der Waals surface area contributed by atoms with Gasteiger partial charge in [0.2, 0.25) is 0 Å². The molecule has 2 N–H and O–H groups in total. The summed E-state index contributed by atoms with van der Waals surface area (Å²) in [5.74, 6) is 0.457. The Morgan fingerprint density at radius 3 is 2.58 bits per heavy atom. The largest absolute Gasteiger partial charge is 0.495 e. The predicted octanol–water partition coefficient (Wildman–Crippen LogP) is 1.53. The van der Waals surface area contributed by atoms with Crippen molar-refractivity contribution in [3.05, 3.63) is 23.8 Å². The summed E-state index contributed by atoms with van der Waals surface area (Å²) < 4.78 is 10.8. The average molecular weight is 264 g/mol. The van der Waals surface area contributed by atoms with Crippen molar-refractivity contribution in [3.63, 3.8) is 0 Å². The molecule has 2 rings (SSSR count). The second-order valence-corrected chi connectivity index (χ2v) is 4.89. The fraction of sp³-hybridized carbons (Fsp3) is 0.500. The summed E-state index contributed by atoms with van der Waals surface area (Å²) in [4.78, 5) is 14.3. The molecule has 0 saturated carbocycles. The molecule has 1 aromatic rings. The number of para-hydroxylation sites is 1. The smallest absolute Gasteiger partial charge is 0.256 e. The van der Waals surface area contributed by atoms with Gasteiger partial charge in [-0.1, -0.05) is 6.07 Å². The highest BCUT2D eigenvalue weighted by molar-refractivity contribution is 6.00. The number of hydrogen-bond acceptors (Lipinski definition) is 4. The van der Waals surface area contributed by atoms with Crippen LogP contribution in [0.1, 0.15) is 24.2 Å². The molecule has 0 spiro atoms. The van der Waals surface area contributed by atoms with Crippen molar-refractivity contribution in [2.45, 2.75) is 26.1 Å². The van der Waals surface area contributed by atoms with Crippen LogP contribution in [0.5, 0.6) is 5.75 Å². The third-order valence-electron chi connectivity index (χ3n) is 3.22. The van der Waals surface area contributed by atoms with Crippen LogP contribution in [-0.4, -0.2) is 43.2 Å². The summed E-state index contributed by atoms with van der Waals surface area (Å²) in [6.07, 6.45) is 0.0825. The van der Waals surface area contributed by atoms with Gasteiger partial charge in [-0.3, -0.25) is 4.79 Å². The quantitative estimate of drug-likeness (QED) is 0.823. The maximum Gasteiger partial charge on any atom is 0.256 e. The van der Waals surface area contributed by atoms with E-state index in [1.807, 2.05) is 13.8 Å². The molecule has 104 valence electrons. The minimum Gasteiger partial charge on any atom is -0.495 e. The number of rotatable bonds is 2. The molecule has 1 aliphatic heterocycles. The number of nitrogens with zero attached hydrogens (tertiary/aromatic N) is 1. The number of nitrogens with two attached hydrogens (primary N) is 1. The lowest BCUT2D eigenvalue weighted by Crippen LogP contribution is -2.48. The van der Waals surface area contributed by atoms with Gasteiger partial charge >= 0.3 is 0 Å². The second kappa shape index (κ2) is 5.48. The molecule has 1 saturated heterocycles. The minimum absolute atomic E-state index is 0.0412. The molecular weight excluding hydrogens is 244 g/mol. The first-order chi connectivity index (χ1) is 9.02. The van der Waals surface area contributed by atoms with Crippen LogP contribution in [0.3, 0.4) is 0 Å². The lowest BCUT2D eigenvalue weighted by atomic mass is 10.1. The van der Waals surface area contributed by atoms with Crippen molar-refractivity contribution in [2.75, 3.05) is 25.9 Å². The Hall–Kier alpha value is -1.75. The molecule has 0 aromatic heterocycles. The fourth-order valence-corrected chi connectivity index (χ4v) is 2.42. The summed E-state index contributed by atoms with van der Waals surface area (Å²) >= 11 is 0. The first kappa shape index (κ1) is 13.7. The van der Waals surface area contributed by atoms with Crippen LogP contribution in [0.25, 0.3) is 0 Å². The van der Waals surface area contributed by atoms with E-state index in [1.165, 1.54) is 0 Å². The summed E-state index contributed by atoms with van der Waals surface area (Å²) in [6.45, 7) is 5.09. The average Bonchev–Trinajstić information content (AvgIpc) is 2.37. The third kappa shape index (κ3) is 2.81. The van der Waals surface area contributed by atoms with E-state index in [2.05, 4.69) is 0 Å². The number of morpholine rings is 1. The topological polar surface area (TPSA) is 64.8 Å². The maximum absolute atomic E-state index is 12.5. The van der Waals surface area contributed by atoms with E-state index < -0.39 is 0 Å². The van der Waals surface area contributed by atoms with Gasteiger partial charge in [-0.25, -0.2) is 0 Å². The molecule has 2 unspecified atom stereocenters. The zero-order valence-corrected chi connectivity index (χ0v) is 11.6. The molecule has 1 aliphatic rings. The number of anilines is 1. The number of benzene rings is 1. The van der Waals surface area contributed by atoms with Crippen molar-refractivity contribution in [1.29, 1.82) is 0 Å². The van der Waals surface area contributed by atoms with Gasteiger partial charge in [0.25, 0.3) is 5.91 Å². The molecule has 2 atom stereocenters. The molecular formula is C14H20N2O3. The lowest BCUT2D eigenvalue weighted by molar-refractivity contribution is -0.0585. The number of methoxy groups -OCH3 is 1. The molecule has 0 bridgehead atoms. The molecule has 5 nitrogen and oxygen atoms in total. The Labute approximate surface area is 113 Å². The monoisotopic (exact) mass is 264 g/mol. The SMILES string of the molecule is COc1cccc(C(=O)N2CC(C)OC(C)C2)c1N. The highest BCUT2D eigenvalue weighted by atomic mass is 16.5. The summed E-state index contributed by atoms with van der Waals surface area (Å²) in [6, 6.07) is 5.25. The number of nitrogen functional groups attached to an aromatic ring is 1. The summed E-state index contributed by atoms with van der Waals surface area (Å²) in [5, 5.41) is 0. The molecule has 19 heavy (non-hydrogen) atoms. The van der Waals surface area contributed by atoms with Crippen molar-refractivity contribution in [2.24, 2.45) is 0 Å². The third-order valence-corrected chi connectivity index (χ3v) is 3.22. The van der Waals surface area contributed by atoms with E-state index in [1.54, 1.807) is 30.2 Å². The van der Waals surface area contributed by atoms with Crippen molar-refractivity contribution in [1.82, 2.24) is 4.90 Å². The maximum atomic E-state index is 12.5. The van der Waals surface area contributed by atoms with Gasteiger partial charge in [0.15, 0.2) is 0 Å². The van der Waals surface area contributed by atoms with Crippen molar-refractivity contribution < 1.29 is 14.3 Å². The zero-order chi connectivity index (χ0) is 14.0. The normalized spacial score (nSPS) is 23.2. The number of carbonyl (C=O) groups is 1. The van der Waals surface area contributed by atoms with Crippen LogP contribution < -0.4 is 10.5 Å². The Kier molecular flexibility index (Phi) is 3.95. The Bertz CT molecular complexity index is 466. The van der Waals surface area contributed by atoms with Gasteiger partial charge < -0.3 is 20.1 Å². The van der Waals surface area contributed by atoms with Gasteiger partial charge in [-0.15, -0.1) is 0 Å². The van der Waals surface area contributed by atoms with Crippen LogP contribution in [0, 0.1) is 0 Å². The molecule has 1 aromatic carbocycles. The van der Waals surface area contributed by atoms with E-state index >= 15 is 0 Å². The molecule has 0 radical (unpaired) electrons. The number of hydrogen-bond donors (Lipinski definition) is 1. The Morgan fingerprint density at radius 1 is 1.37 bits per heavy atom. The van der Waals surface area contributed by atoms with E-state index in [4.69, 9.17) is 15.2 Å². The highest BCUT2D eigenvalue weighted by Gasteiger charge is 2.27. The summed E-state index contributed by atoms with van der Waals surface area (Å²) in [5.41, 5.74) is 6.84. The van der Waals surface area contributed by atoms with Crippen molar-refractivity contribution in [3.8, 4) is 5.75 Å². The highest BCUT2D eigenvalue weighted by Crippen LogP contribution is 2.26. The zero-order valence-electron chi connectivity index (χ0n) is 11.6. The molecule has 1 fully saturated rings. The van der Waals surface area contributed by atoms with Gasteiger partial charge in [0.05, 0.1) is 30.6 Å². The number of ether oxygens (including phenoxy) is 2. The standard InChI is InChI=1S/C14H20N2O3/c1-9-7-16(8-10(2)19-9)14(17)11-5-4-6-12(18-3)13(11)15/h4-6,9-10H,7-8,15H2,1-3H3. The van der Waals surface area contributed by atoms with Gasteiger partial charge in [-0.2, -0.15) is 0 Å². The second-order valence-electron chi connectivity index (χ2n) is 4.89. The van der Waals surface area contributed by atoms with Crippen LogP contribution in [0.2, 0.25) is 0 Å². The van der Waals surface area contributed by atoms with Gasteiger partial charge in [0.1, 0.15) is 5.75 Å². The molecule has 5 heteroatoms. The molecule has 1 amide bonds. The number of amides is 1. The summed E-state index contributed by atoms with van der Waals surface area (Å²) in [7, 11) is 1.54. The minimum atomic E-state index is -0.0709. The van der Waals surface area contributed by atoms with E-state index in [0.717, 1.165) is 0 Å². The molecule has 1 heterocycles. The Balaban J connectivity index is 2.24. The Morgan fingerprint density at radius 2 is 2.00 bits per heavy atom. The first-order valence-corrected chi connectivity index (χ1v) is 6.40. The van der Waals surface area contributed by atoms with Crippen LogP contribution in [0.4, 0.5) is 5.69 Å². The van der Waals surface area contributed by atoms with Gasteiger partial charge in [0, 0.05) is 13.1 Å². The van der Waals surface area contributed by atoms with E-state index in [0.29, 0.717) is 30.1 Å². The number of carbonyl (C=O) groups excluding carboxylic acids is 1. The first-order valence-electron chi connectivity index (χ1n) is 6.40.